The van der Waals surface area contributed by atoms with Crippen LogP contribution < -0.4 is 4.90 Å². The predicted molar refractivity (Wildman–Crippen MR) is 165 cm³/mol. The molecule has 7 nitrogen and oxygen atoms in total. The van der Waals surface area contributed by atoms with E-state index in [9.17, 15) is 0 Å². The second-order valence-corrected chi connectivity index (χ2v) is 10.6. The third-order valence-corrected chi connectivity index (χ3v) is 8.24. The summed E-state index contributed by atoms with van der Waals surface area (Å²) >= 11 is 0. The van der Waals surface area contributed by atoms with Crippen LogP contribution in [0.2, 0.25) is 0 Å². The minimum atomic E-state index is 0.562. The highest BCUT2D eigenvalue weighted by atomic mass is 16.4. The Bertz CT molecular complexity index is 2340. The van der Waals surface area contributed by atoms with Gasteiger partial charge in [0.2, 0.25) is 11.8 Å². The first-order valence-electron chi connectivity index (χ1n) is 13.9. The maximum Gasteiger partial charge on any atom is 0.208 e. The normalized spacial score (nSPS) is 12.2. The smallest absolute Gasteiger partial charge is 0.208 e. The number of nitrogens with zero attached hydrogens (tertiary/aromatic N) is 1. The van der Waals surface area contributed by atoms with Gasteiger partial charge in [0.1, 0.15) is 22.3 Å². The van der Waals surface area contributed by atoms with Crippen molar-refractivity contribution in [2.24, 2.45) is 0 Å². The summed E-state index contributed by atoms with van der Waals surface area (Å²) in [6.45, 7) is 0. The van der Waals surface area contributed by atoms with Gasteiger partial charge in [0.05, 0.1) is 63.1 Å². The Kier molecular flexibility index (Phi) is 4.33. The molecule has 10 rings (SSSR count). The molecule has 0 saturated heterocycles. The molecule has 0 saturated carbocycles. The van der Waals surface area contributed by atoms with Crippen molar-refractivity contribution >= 4 is 83.3 Å². The van der Waals surface area contributed by atoms with Crippen molar-refractivity contribution in [1.29, 1.82) is 0 Å². The van der Waals surface area contributed by atoms with Crippen LogP contribution in [-0.4, -0.2) is 0 Å². The summed E-state index contributed by atoms with van der Waals surface area (Å²) in [5.41, 5.74) is 7.30. The quantitative estimate of drug-likeness (QED) is 0.211. The third-order valence-electron chi connectivity index (χ3n) is 8.24. The molecule has 0 aliphatic rings. The van der Waals surface area contributed by atoms with Gasteiger partial charge in [-0.05, 0) is 47.5 Å². The summed E-state index contributed by atoms with van der Waals surface area (Å²) < 4.78 is 36.8. The Morgan fingerprint density at radius 2 is 0.791 bits per heavy atom. The van der Waals surface area contributed by atoms with Gasteiger partial charge in [-0.15, -0.1) is 0 Å². The average molecular weight is 562 g/mol. The number of fused-ring (bicyclic) bond motifs is 12. The number of furan rings is 6. The van der Waals surface area contributed by atoms with Gasteiger partial charge in [0.15, 0.2) is 11.2 Å². The maximum atomic E-state index is 6.65. The van der Waals surface area contributed by atoms with E-state index in [2.05, 4.69) is 36.4 Å². The van der Waals surface area contributed by atoms with Gasteiger partial charge in [-0.2, -0.15) is 0 Å². The first-order valence-corrected chi connectivity index (χ1v) is 13.9. The van der Waals surface area contributed by atoms with E-state index in [0.29, 0.717) is 34.1 Å². The summed E-state index contributed by atoms with van der Waals surface area (Å²) in [6, 6.07) is 30.3. The molecule has 7 heteroatoms. The minimum absolute atomic E-state index is 0.562. The van der Waals surface area contributed by atoms with Crippen molar-refractivity contribution in [2.45, 2.75) is 0 Å². The van der Waals surface area contributed by atoms with E-state index in [0.717, 1.165) is 60.3 Å². The van der Waals surface area contributed by atoms with Crippen LogP contribution in [0.1, 0.15) is 0 Å². The topological polar surface area (TPSA) is 82.1 Å². The number of anilines is 3. The molecule has 204 valence electrons. The van der Waals surface area contributed by atoms with Crippen molar-refractivity contribution in [3.8, 4) is 11.1 Å². The molecule has 0 radical (unpaired) electrons. The Morgan fingerprint density at radius 3 is 1.28 bits per heavy atom. The van der Waals surface area contributed by atoms with Crippen molar-refractivity contribution < 1.29 is 26.5 Å². The third kappa shape index (κ3) is 3.08. The Balaban J connectivity index is 1.24. The van der Waals surface area contributed by atoms with Crippen LogP contribution in [0.15, 0.2) is 143 Å². The highest BCUT2D eigenvalue weighted by Gasteiger charge is 2.26. The molecular formula is C36H19NO6. The molecule has 0 amide bonds. The van der Waals surface area contributed by atoms with Gasteiger partial charge >= 0.3 is 0 Å². The molecule has 43 heavy (non-hydrogen) atoms. The summed E-state index contributed by atoms with van der Waals surface area (Å²) in [5, 5.41) is 5.22. The van der Waals surface area contributed by atoms with E-state index in [4.69, 9.17) is 26.5 Å². The lowest BCUT2D eigenvalue weighted by Gasteiger charge is -2.19. The maximum absolute atomic E-state index is 6.65. The number of hydrogen-bond acceptors (Lipinski definition) is 7. The summed E-state index contributed by atoms with van der Waals surface area (Å²) in [4.78, 5) is 1.97. The average Bonchev–Trinajstić information content (AvgIpc) is 3.86. The van der Waals surface area contributed by atoms with Crippen LogP contribution >= 0.6 is 0 Å². The predicted octanol–water partition coefficient (Wildman–Crippen LogP) is 11.3. The van der Waals surface area contributed by atoms with Gasteiger partial charge < -0.3 is 26.5 Å². The van der Waals surface area contributed by atoms with Crippen LogP contribution in [0.25, 0.3) is 76.9 Å². The van der Waals surface area contributed by atoms with Gasteiger partial charge in [-0.25, -0.2) is 0 Å². The summed E-state index contributed by atoms with van der Waals surface area (Å²) in [6.07, 6.45) is 6.68. The van der Waals surface area contributed by atoms with Crippen molar-refractivity contribution in [3.63, 3.8) is 0 Å². The second kappa shape index (κ2) is 8.24. The van der Waals surface area contributed by atoms with Crippen LogP contribution in [0.3, 0.4) is 0 Å². The van der Waals surface area contributed by atoms with E-state index in [1.165, 1.54) is 0 Å². The zero-order valence-corrected chi connectivity index (χ0v) is 22.4. The standard InChI is InChI=1S/C36H19NO6/c1-2-4-20(5-3-1)21-6-8-22(9-7-21)37(29-18-27-33-23(10-14-40-33)31-25(12-16-38-31)35(27)42-29)30-19-28-34-24(11-15-41-34)32-26(13-17-39-32)36(28)43-30/h1-19H. The monoisotopic (exact) mass is 561 g/mol. The molecular weight excluding hydrogens is 542 g/mol. The molecule has 0 bridgehead atoms. The fourth-order valence-electron chi connectivity index (χ4n) is 6.30. The summed E-state index contributed by atoms with van der Waals surface area (Å²) in [5.74, 6) is 1.12. The zero-order valence-electron chi connectivity index (χ0n) is 22.4. The zero-order chi connectivity index (χ0) is 28.1. The number of benzene rings is 4. The lowest BCUT2D eigenvalue weighted by Crippen LogP contribution is -2.07. The fraction of sp³-hybridized carbons (Fsp3) is 0. The van der Waals surface area contributed by atoms with E-state index in [-0.39, 0.29) is 0 Å². The van der Waals surface area contributed by atoms with Crippen LogP contribution in [0.4, 0.5) is 17.5 Å². The molecule has 0 fully saturated rings. The molecule has 0 aliphatic carbocycles. The van der Waals surface area contributed by atoms with Crippen molar-refractivity contribution in [3.05, 3.63) is 116 Å². The Morgan fingerprint density at radius 1 is 0.372 bits per heavy atom. The van der Waals surface area contributed by atoms with E-state index in [1.54, 1.807) is 25.1 Å². The SMILES string of the molecule is c1ccc(-c2ccc(N(c3cc4c5occc5c5occc5c4o3)c3cc4c5occc5c5occc5c4o3)cc2)cc1. The van der Waals surface area contributed by atoms with E-state index in [1.807, 2.05) is 59.5 Å². The molecule has 0 N–H and O–H groups in total. The molecule has 6 aromatic heterocycles. The lowest BCUT2D eigenvalue weighted by molar-refractivity contribution is 0.584. The Labute approximate surface area is 241 Å². The highest BCUT2D eigenvalue weighted by Crippen LogP contribution is 2.47. The number of rotatable bonds is 4. The highest BCUT2D eigenvalue weighted by molar-refractivity contribution is 6.22. The van der Waals surface area contributed by atoms with Crippen molar-refractivity contribution in [2.75, 3.05) is 4.90 Å². The van der Waals surface area contributed by atoms with E-state index < -0.39 is 0 Å². The van der Waals surface area contributed by atoms with Crippen molar-refractivity contribution in [1.82, 2.24) is 0 Å². The number of hydrogen-bond donors (Lipinski definition) is 0. The molecule has 4 aromatic carbocycles. The van der Waals surface area contributed by atoms with E-state index >= 15 is 0 Å². The first kappa shape index (κ1) is 22.6. The molecule has 6 heterocycles. The van der Waals surface area contributed by atoms with Crippen LogP contribution in [-0.2, 0) is 0 Å². The minimum Gasteiger partial charge on any atom is -0.463 e. The summed E-state index contributed by atoms with van der Waals surface area (Å²) in [7, 11) is 0. The van der Waals surface area contributed by atoms with Crippen LogP contribution in [0.5, 0.6) is 0 Å². The second-order valence-electron chi connectivity index (χ2n) is 10.6. The molecule has 0 atom stereocenters. The fourth-order valence-corrected chi connectivity index (χ4v) is 6.30. The first-order chi connectivity index (χ1) is 21.3. The molecule has 0 unspecified atom stereocenters. The largest absolute Gasteiger partial charge is 0.463 e. The molecule has 0 aliphatic heterocycles. The van der Waals surface area contributed by atoms with Gasteiger partial charge in [0.25, 0.3) is 0 Å². The van der Waals surface area contributed by atoms with Gasteiger partial charge in [-0.1, -0.05) is 42.5 Å². The van der Waals surface area contributed by atoms with Gasteiger partial charge in [0, 0.05) is 12.1 Å². The van der Waals surface area contributed by atoms with Crippen LogP contribution in [0, 0.1) is 0 Å². The lowest BCUT2D eigenvalue weighted by atomic mass is 10.1. The Hall–Kier alpha value is -6.08. The molecule has 0 spiro atoms. The molecule has 10 aromatic rings. The van der Waals surface area contributed by atoms with Gasteiger partial charge in [-0.3, -0.25) is 4.90 Å².